The zero-order valence-corrected chi connectivity index (χ0v) is 14.6. The SMILES string of the molecule is Cc1cc(Br)cnc1NS(=O)(=O)c1ccc(CBr)cc1. The van der Waals surface area contributed by atoms with Crippen LogP contribution in [0.25, 0.3) is 0 Å². The number of alkyl halides is 1. The molecule has 1 N–H and O–H groups in total. The molecule has 106 valence electrons. The number of nitrogens with zero attached hydrogens (tertiary/aromatic N) is 1. The zero-order chi connectivity index (χ0) is 14.8. The van der Waals surface area contributed by atoms with Crippen molar-refractivity contribution in [2.75, 3.05) is 4.72 Å². The van der Waals surface area contributed by atoms with Crippen LogP contribution in [0.15, 0.2) is 45.9 Å². The number of hydrogen-bond acceptors (Lipinski definition) is 3. The number of sulfonamides is 1. The van der Waals surface area contributed by atoms with E-state index in [0.717, 1.165) is 15.6 Å². The van der Waals surface area contributed by atoms with Gasteiger partial charge in [0.15, 0.2) is 0 Å². The Balaban J connectivity index is 2.30. The lowest BCUT2D eigenvalue weighted by atomic mass is 10.2. The number of aromatic nitrogens is 1. The fourth-order valence-corrected chi connectivity index (χ4v) is 3.49. The maximum atomic E-state index is 12.3. The van der Waals surface area contributed by atoms with Crippen molar-refractivity contribution in [3.05, 3.63) is 52.1 Å². The number of rotatable bonds is 4. The van der Waals surface area contributed by atoms with Crippen LogP contribution in [0.1, 0.15) is 11.1 Å². The molecule has 20 heavy (non-hydrogen) atoms. The quantitative estimate of drug-likeness (QED) is 0.765. The van der Waals surface area contributed by atoms with Crippen molar-refractivity contribution in [1.82, 2.24) is 4.98 Å². The highest BCUT2D eigenvalue weighted by Crippen LogP contribution is 2.21. The van der Waals surface area contributed by atoms with Gasteiger partial charge in [-0.1, -0.05) is 28.1 Å². The average molecular weight is 420 g/mol. The van der Waals surface area contributed by atoms with Crippen molar-refractivity contribution in [2.45, 2.75) is 17.1 Å². The number of aryl methyl sites for hydroxylation is 1. The molecule has 0 aliphatic heterocycles. The number of nitrogens with one attached hydrogen (secondary N) is 1. The van der Waals surface area contributed by atoms with Crippen molar-refractivity contribution in [1.29, 1.82) is 0 Å². The van der Waals surface area contributed by atoms with Crippen LogP contribution in [0, 0.1) is 6.92 Å². The van der Waals surface area contributed by atoms with E-state index in [1.807, 2.05) is 0 Å². The van der Waals surface area contributed by atoms with E-state index in [0.29, 0.717) is 11.1 Å². The van der Waals surface area contributed by atoms with Crippen LogP contribution < -0.4 is 4.72 Å². The van der Waals surface area contributed by atoms with Gasteiger partial charge in [0.25, 0.3) is 10.0 Å². The van der Waals surface area contributed by atoms with Crippen molar-refractivity contribution in [3.8, 4) is 0 Å². The van der Waals surface area contributed by atoms with Gasteiger partial charge in [0.1, 0.15) is 5.82 Å². The monoisotopic (exact) mass is 418 g/mol. The first-order valence-corrected chi connectivity index (χ1v) is 9.12. The van der Waals surface area contributed by atoms with Crippen LogP contribution in [-0.2, 0) is 15.4 Å². The molecule has 0 amide bonds. The van der Waals surface area contributed by atoms with E-state index in [-0.39, 0.29) is 4.90 Å². The average Bonchev–Trinajstić information content (AvgIpc) is 2.42. The van der Waals surface area contributed by atoms with E-state index in [4.69, 9.17) is 0 Å². The molecule has 0 radical (unpaired) electrons. The second kappa shape index (κ2) is 6.24. The van der Waals surface area contributed by atoms with Crippen LogP contribution in [0.4, 0.5) is 5.82 Å². The van der Waals surface area contributed by atoms with E-state index < -0.39 is 10.0 Å². The summed E-state index contributed by atoms with van der Waals surface area (Å²) in [6.45, 7) is 1.80. The first-order chi connectivity index (χ1) is 9.42. The molecule has 1 aromatic heterocycles. The molecule has 0 aliphatic rings. The van der Waals surface area contributed by atoms with E-state index in [1.165, 1.54) is 0 Å². The molecular weight excluding hydrogens is 408 g/mol. The van der Waals surface area contributed by atoms with Gasteiger partial charge in [-0.15, -0.1) is 0 Å². The van der Waals surface area contributed by atoms with Crippen LogP contribution in [0.3, 0.4) is 0 Å². The first-order valence-electron chi connectivity index (χ1n) is 5.72. The summed E-state index contributed by atoms with van der Waals surface area (Å²) in [5.41, 5.74) is 1.77. The number of hydrogen-bond donors (Lipinski definition) is 1. The summed E-state index contributed by atoms with van der Waals surface area (Å²) >= 11 is 6.62. The summed E-state index contributed by atoms with van der Waals surface area (Å²) < 4.78 is 27.8. The predicted octanol–water partition coefficient (Wildman–Crippen LogP) is 3.85. The summed E-state index contributed by atoms with van der Waals surface area (Å²) in [7, 11) is -3.62. The number of halogens is 2. The van der Waals surface area contributed by atoms with Gasteiger partial charge in [-0.3, -0.25) is 4.72 Å². The predicted molar refractivity (Wildman–Crippen MR) is 86.6 cm³/mol. The van der Waals surface area contributed by atoms with Crippen molar-refractivity contribution < 1.29 is 8.42 Å². The van der Waals surface area contributed by atoms with Crippen LogP contribution in [-0.4, -0.2) is 13.4 Å². The maximum absolute atomic E-state index is 12.3. The normalized spacial score (nSPS) is 11.3. The van der Waals surface area contributed by atoms with Gasteiger partial charge in [0.05, 0.1) is 4.90 Å². The van der Waals surface area contributed by atoms with Gasteiger partial charge >= 0.3 is 0 Å². The molecule has 0 fully saturated rings. The van der Waals surface area contributed by atoms with E-state index in [1.54, 1.807) is 43.5 Å². The van der Waals surface area contributed by atoms with E-state index >= 15 is 0 Å². The van der Waals surface area contributed by atoms with Gasteiger partial charge in [0.2, 0.25) is 0 Å². The fourth-order valence-electron chi connectivity index (χ4n) is 1.59. The number of pyridine rings is 1. The number of anilines is 1. The maximum Gasteiger partial charge on any atom is 0.263 e. The highest BCUT2D eigenvalue weighted by molar-refractivity contribution is 9.10. The Kier molecular flexibility index (Phi) is 4.82. The van der Waals surface area contributed by atoms with Gasteiger partial charge < -0.3 is 0 Å². The van der Waals surface area contributed by atoms with E-state index in [9.17, 15) is 8.42 Å². The molecule has 7 heteroatoms. The molecule has 0 atom stereocenters. The molecule has 0 unspecified atom stereocenters. The van der Waals surface area contributed by atoms with Gasteiger partial charge in [-0.25, -0.2) is 13.4 Å². The Morgan fingerprint density at radius 1 is 1.25 bits per heavy atom. The second-order valence-corrected chi connectivity index (χ2v) is 7.36. The minimum Gasteiger partial charge on any atom is -0.263 e. The van der Waals surface area contributed by atoms with Crippen molar-refractivity contribution in [2.24, 2.45) is 0 Å². The molecule has 0 bridgehead atoms. The first kappa shape index (κ1) is 15.5. The Morgan fingerprint density at radius 2 is 1.90 bits per heavy atom. The molecule has 0 saturated heterocycles. The van der Waals surface area contributed by atoms with Crippen LogP contribution in [0.5, 0.6) is 0 Å². The third-order valence-corrected chi connectivity index (χ3v) is 5.10. The molecule has 2 aromatic rings. The lowest BCUT2D eigenvalue weighted by molar-refractivity contribution is 0.601. The topological polar surface area (TPSA) is 59.1 Å². The molecule has 1 heterocycles. The third-order valence-electron chi connectivity index (χ3n) is 2.66. The van der Waals surface area contributed by atoms with Crippen molar-refractivity contribution in [3.63, 3.8) is 0 Å². The Bertz CT molecular complexity index is 716. The fraction of sp³-hybridized carbons (Fsp3) is 0.154. The van der Waals surface area contributed by atoms with Gasteiger partial charge in [-0.05, 0) is 52.2 Å². The lowest BCUT2D eigenvalue weighted by Gasteiger charge is -2.10. The number of benzene rings is 1. The smallest absolute Gasteiger partial charge is 0.263 e. The Hall–Kier alpha value is -0.920. The highest BCUT2D eigenvalue weighted by Gasteiger charge is 2.15. The molecular formula is C13H12Br2N2O2S. The summed E-state index contributed by atoms with van der Waals surface area (Å²) in [6.07, 6.45) is 1.55. The highest BCUT2D eigenvalue weighted by atomic mass is 79.9. The van der Waals surface area contributed by atoms with Gasteiger partial charge in [-0.2, -0.15) is 0 Å². The summed E-state index contributed by atoms with van der Waals surface area (Å²) in [5.74, 6) is 0.331. The van der Waals surface area contributed by atoms with Crippen LogP contribution in [0.2, 0.25) is 0 Å². The van der Waals surface area contributed by atoms with Crippen LogP contribution >= 0.6 is 31.9 Å². The summed E-state index contributed by atoms with van der Waals surface area (Å²) in [5, 5.41) is 0.689. The minimum absolute atomic E-state index is 0.214. The molecule has 0 aliphatic carbocycles. The van der Waals surface area contributed by atoms with Gasteiger partial charge in [0, 0.05) is 16.0 Å². The molecule has 4 nitrogen and oxygen atoms in total. The lowest BCUT2D eigenvalue weighted by Crippen LogP contribution is -2.14. The molecule has 0 spiro atoms. The third kappa shape index (κ3) is 3.59. The minimum atomic E-state index is -3.62. The molecule has 2 rings (SSSR count). The summed E-state index contributed by atoms with van der Waals surface area (Å²) in [4.78, 5) is 4.29. The van der Waals surface area contributed by atoms with Crippen molar-refractivity contribution >= 4 is 47.7 Å². The van der Waals surface area contributed by atoms with E-state index in [2.05, 4.69) is 41.6 Å². The second-order valence-electron chi connectivity index (χ2n) is 4.20. The zero-order valence-electron chi connectivity index (χ0n) is 10.6. The largest absolute Gasteiger partial charge is 0.263 e. The molecule has 0 saturated carbocycles. The Labute approximate surface area is 134 Å². The summed E-state index contributed by atoms with van der Waals surface area (Å²) in [6, 6.07) is 8.50. The standard InChI is InChI=1S/C13H12Br2N2O2S/c1-9-6-11(15)8-16-13(9)17-20(18,19)12-4-2-10(7-14)3-5-12/h2-6,8H,7H2,1H3,(H,16,17). The Morgan fingerprint density at radius 3 is 2.45 bits per heavy atom. The molecule has 1 aromatic carbocycles.